The fourth-order valence-electron chi connectivity index (χ4n) is 3.52. The van der Waals surface area contributed by atoms with Crippen LogP contribution in [0.4, 0.5) is 0 Å². The Bertz CT molecular complexity index is 566. The summed E-state index contributed by atoms with van der Waals surface area (Å²) in [5, 5.41) is 3.10. The molecule has 4 heteroatoms. The highest BCUT2D eigenvalue weighted by molar-refractivity contribution is 5.82. The maximum atomic E-state index is 12.4. The quantitative estimate of drug-likeness (QED) is 0.928. The molecule has 2 aliphatic rings. The molecule has 3 rings (SSSR count). The van der Waals surface area contributed by atoms with E-state index in [2.05, 4.69) is 50.0 Å². The van der Waals surface area contributed by atoms with Gasteiger partial charge in [-0.15, -0.1) is 0 Å². The van der Waals surface area contributed by atoms with Gasteiger partial charge in [0, 0.05) is 25.6 Å². The molecule has 0 radical (unpaired) electrons. The molecule has 1 aromatic carbocycles. The second kappa shape index (κ2) is 6.52. The van der Waals surface area contributed by atoms with Gasteiger partial charge in [0.05, 0.1) is 0 Å². The first-order chi connectivity index (χ1) is 10.9. The van der Waals surface area contributed by atoms with Gasteiger partial charge >= 0.3 is 0 Å². The van der Waals surface area contributed by atoms with Crippen molar-refractivity contribution in [3.05, 3.63) is 28.8 Å². The van der Waals surface area contributed by atoms with Crippen LogP contribution in [0.25, 0.3) is 0 Å². The Balaban J connectivity index is 1.51. The molecule has 2 atom stereocenters. The van der Waals surface area contributed by atoms with Crippen molar-refractivity contribution in [3.8, 4) is 5.75 Å². The zero-order chi connectivity index (χ0) is 16.6. The number of carbonyl (C=O) groups excluding carboxylic acids is 1. The van der Waals surface area contributed by atoms with Crippen LogP contribution in [0, 0.1) is 19.8 Å². The predicted molar refractivity (Wildman–Crippen MR) is 91.9 cm³/mol. The lowest BCUT2D eigenvalue weighted by atomic mass is 10.0. The lowest BCUT2D eigenvalue weighted by Gasteiger charge is -2.20. The number of rotatable bonds is 4. The van der Waals surface area contributed by atoms with Gasteiger partial charge in [0.1, 0.15) is 5.75 Å². The van der Waals surface area contributed by atoms with Gasteiger partial charge in [0.25, 0.3) is 5.91 Å². The van der Waals surface area contributed by atoms with Crippen LogP contribution in [0.3, 0.4) is 0 Å². The third-order valence-corrected chi connectivity index (χ3v) is 5.26. The average Bonchev–Trinajstić information content (AvgIpc) is 3.12. The van der Waals surface area contributed by atoms with E-state index in [0.29, 0.717) is 18.4 Å². The zero-order valence-corrected chi connectivity index (χ0v) is 14.7. The Hall–Kier alpha value is -1.55. The summed E-state index contributed by atoms with van der Waals surface area (Å²) in [7, 11) is 0. The maximum Gasteiger partial charge on any atom is 0.261 e. The highest BCUT2D eigenvalue weighted by Crippen LogP contribution is 2.31. The van der Waals surface area contributed by atoms with Gasteiger partial charge in [0.2, 0.25) is 0 Å². The molecule has 1 aromatic rings. The summed E-state index contributed by atoms with van der Waals surface area (Å²) in [5.41, 5.74) is 3.62. The molecule has 0 aliphatic carbocycles. The molecule has 1 fully saturated rings. The van der Waals surface area contributed by atoms with Crippen molar-refractivity contribution < 1.29 is 9.53 Å². The Morgan fingerprint density at radius 1 is 1.35 bits per heavy atom. The van der Waals surface area contributed by atoms with Gasteiger partial charge in [-0.1, -0.05) is 6.07 Å². The summed E-state index contributed by atoms with van der Waals surface area (Å²) >= 11 is 0. The van der Waals surface area contributed by atoms with Gasteiger partial charge < -0.3 is 15.0 Å². The van der Waals surface area contributed by atoms with Crippen LogP contribution >= 0.6 is 0 Å². The van der Waals surface area contributed by atoms with Gasteiger partial charge in [-0.2, -0.15) is 0 Å². The molecule has 0 aromatic heterocycles. The van der Waals surface area contributed by atoms with Crippen molar-refractivity contribution in [1.29, 1.82) is 0 Å². The first kappa shape index (κ1) is 16.3. The lowest BCUT2D eigenvalue weighted by molar-refractivity contribution is -0.127. The maximum absolute atomic E-state index is 12.4. The minimum absolute atomic E-state index is 0.0273. The first-order valence-corrected chi connectivity index (χ1v) is 8.72. The highest BCUT2D eigenvalue weighted by atomic mass is 16.5. The second-order valence-corrected chi connectivity index (χ2v) is 7.34. The molecule has 1 amide bonds. The van der Waals surface area contributed by atoms with Gasteiger partial charge in [-0.05, 0) is 69.3 Å². The minimum atomic E-state index is -0.367. The summed E-state index contributed by atoms with van der Waals surface area (Å²) in [4.78, 5) is 14.9. The van der Waals surface area contributed by atoms with Crippen molar-refractivity contribution in [1.82, 2.24) is 10.2 Å². The highest BCUT2D eigenvalue weighted by Gasteiger charge is 2.31. The standard InChI is InChI=1S/C19H28N2O2/c1-12(2)21-6-5-15(11-21)10-20-19(22)18-9-16-7-13(3)14(4)8-17(16)23-18/h7-8,12,15,18H,5-6,9-11H2,1-4H3,(H,20,22)/t15-,18-/m1/s1. The third kappa shape index (κ3) is 3.52. The van der Waals surface area contributed by atoms with E-state index in [9.17, 15) is 4.79 Å². The molecule has 0 bridgehead atoms. The van der Waals surface area contributed by atoms with E-state index in [4.69, 9.17) is 4.74 Å². The largest absolute Gasteiger partial charge is 0.480 e. The fraction of sp³-hybridized carbons (Fsp3) is 0.632. The van der Waals surface area contributed by atoms with Crippen molar-refractivity contribution in [2.24, 2.45) is 5.92 Å². The Labute approximate surface area is 139 Å². The van der Waals surface area contributed by atoms with E-state index in [1.165, 1.54) is 17.5 Å². The van der Waals surface area contributed by atoms with Crippen LogP contribution in [0.2, 0.25) is 0 Å². The van der Waals surface area contributed by atoms with E-state index in [1.807, 2.05) is 0 Å². The Kier molecular flexibility index (Phi) is 4.62. The molecule has 4 nitrogen and oxygen atoms in total. The van der Waals surface area contributed by atoms with Crippen LogP contribution in [0.15, 0.2) is 12.1 Å². The zero-order valence-electron chi connectivity index (χ0n) is 14.7. The number of likely N-dealkylation sites (tertiary alicyclic amines) is 1. The molecular weight excluding hydrogens is 288 g/mol. The van der Waals surface area contributed by atoms with E-state index in [1.54, 1.807) is 0 Å². The third-order valence-electron chi connectivity index (χ3n) is 5.26. The van der Waals surface area contributed by atoms with Crippen LogP contribution in [0.1, 0.15) is 37.0 Å². The van der Waals surface area contributed by atoms with Gasteiger partial charge in [-0.3, -0.25) is 4.79 Å². The molecular formula is C19H28N2O2. The lowest BCUT2D eigenvalue weighted by Crippen LogP contribution is -2.40. The molecule has 0 spiro atoms. The van der Waals surface area contributed by atoms with Gasteiger partial charge in [-0.25, -0.2) is 0 Å². The molecule has 23 heavy (non-hydrogen) atoms. The van der Waals surface area contributed by atoms with Crippen LogP contribution in [0.5, 0.6) is 5.75 Å². The predicted octanol–water partition coefficient (Wildman–Crippen LogP) is 2.45. The number of ether oxygens (including phenoxy) is 1. The number of aryl methyl sites for hydroxylation is 2. The van der Waals surface area contributed by atoms with E-state index < -0.39 is 0 Å². The van der Waals surface area contributed by atoms with Crippen LogP contribution < -0.4 is 10.1 Å². The topological polar surface area (TPSA) is 41.6 Å². The molecule has 2 heterocycles. The monoisotopic (exact) mass is 316 g/mol. The van der Waals surface area contributed by atoms with Crippen LogP contribution in [-0.4, -0.2) is 42.6 Å². The summed E-state index contributed by atoms with van der Waals surface area (Å²) < 4.78 is 5.86. The number of hydrogen-bond donors (Lipinski definition) is 1. The van der Waals surface area contributed by atoms with Crippen molar-refractivity contribution >= 4 is 5.91 Å². The minimum Gasteiger partial charge on any atom is -0.480 e. The SMILES string of the molecule is Cc1cc2c(cc1C)O[C@@H](C(=O)NC[C@H]1CCN(C(C)C)C1)C2. The van der Waals surface area contributed by atoms with E-state index in [-0.39, 0.29) is 12.0 Å². The summed E-state index contributed by atoms with van der Waals surface area (Å²) in [6.07, 6.45) is 1.49. The van der Waals surface area contributed by atoms with Crippen molar-refractivity contribution in [2.75, 3.05) is 19.6 Å². The number of hydrogen-bond acceptors (Lipinski definition) is 3. The fourth-order valence-corrected chi connectivity index (χ4v) is 3.52. The Morgan fingerprint density at radius 2 is 2.09 bits per heavy atom. The van der Waals surface area contributed by atoms with E-state index >= 15 is 0 Å². The number of benzene rings is 1. The molecule has 0 unspecified atom stereocenters. The number of amides is 1. The molecule has 0 saturated carbocycles. The van der Waals surface area contributed by atoms with E-state index in [0.717, 1.165) is 30.9 Å². The molecule has 2 aliphatic heterocycles. The molecule has 1 N–H and O–H groups in total. The number of fused-ring (bicyclic) bond motifs is 1. The number of nitrogens with one attached hydrogen (secondary N) is 1. The normalized spacial score (nSPS) is 23.9. The molecule has 126 valence electrons. The van der Waals surface area contributed by atoms with Crippen LogP contribution in [-0.2, 0) is 11.2 Å². The average molecular weight is 316 g/mol. The summed E-state index contributed by atoms with van der Waals surface area (Å²) in [6.45, 7) is 11.6. The summed E-state index contributed by atoms with van der Waals surface area (Å²) in [5.74, 6) is 1.47. The molecule has 1 saturated heterocycles. The van der Waals surface area contributed by atoms with Crippen molar-refractivity contribution in [2.45, 2.75) is 52.7 Å². The van der Waals surface area contributed by atoms with Gasteiger partial charge in [0.15, 0.2) is 6.10 Å². The Morgan fingerprint density at radius 3 is 2.78 bits per heavy atom. The summed E-state index contributed by atoms with van der Waals surface area (Å²) in [6, 6.07) is 4.79. The first-order valence-electron chi connectivity index (χ1n) is 8.72. The smallest absolute Gasteiger partial charge is 0.261 e. The second-order valence-electron chi connectivity index (χ2n) is 7.34. The number of carbonyl (C=O) groups is 1. The van der Waals surface area contributed by atoms with Crippen molar-refractivity contribution in [3.63, 3.8) is 0 Å². The number of nitrogens with zero attached hydrogens (tertiary/aromatic N) is 1.